The van der Waals surface area contributed by atoms with Crippen LogP contribution in [-0.4, -0.2) is 37.0 Å². The number of hydrogen-bond acceptors (Lipinski definition) is 5. The molecular formula is C12H16N2O4S2. The molecule has 6 nitrogen and oxygen atoms in total. The Kier molecular flexibility index (Phi) is 4.56. The number of thioether (sulfide) groups is 1. The molecule has 1 unspecified atom stereocenters. The highest BCUT2D eigenvalue weighted by Gasteiger charge is 2.24. The van der Waals surface area contributed by atoms with Crippen LogP contribution in [0.2, 0.25) is 0 Å². The lowest BCUT2D eigenvalue weighted by molar-refractivity contribution is 0.0692. The van der Waals surface area contributed by atoms with E-state index in [1.165, 1.54) is 18.2 Å². The second-order valence-electron chi connectivity index (χ2n) is 4.55. The topological polar surface area (TPSA) is 109 Å². The smallest absolute Gasteiger partial charge is 0.337 e. The second kappa shape index (κ2) is 6.02. The summed E-state index contributed by atoms with van der Waals surface area (Å²) in [5, 5.41) is 9.31. The molecular weight excluding hydrogens is 300 g/mol. The van der Waals surface area contributed by atoms with E-state index in [0.29, 0.717) is 6.54 Å². The molecule has 0 bridgehead atoms. The van der Waals surface area contributed by atoms with Crippen molar-refractivity contribution in [2.75, 3.05) is 18.0 Å². The van der Waals surface area contributed by atoms with Gasteiger partial charge in [0.2, 0.25) is 10.0 Å². The van der Waals surface area contributed by atoms with Crippen LogP contribution in [0.4, 0.5) is 5.69 Å². The van der Waals surface area contributed by atoms with Gasteiger partial charge >= 0.3 is 5.97 Å². The molecule has 1 aliphatic heterocycles. The van der Waals surface area contributed by atoms with E-state index in [2.05, 4.69) is 4.72 Å². The molecule has 1 aromatic rings. The molecule has 20 heavy (non-hydrogen) atoms. The lowest BCUT2D eigenvalue weighted by atomic mass is 10.2. The maximum Gasteiger partial charge on any atom is 0.337 e. The van der Waals surface area contributed by atoms with Crippen molar-refractivity contribution < 1.29 is 18.3 Å². The minimum absolute atomic E-state index is 0.214. The zero-order valence-electron chi connectivity index (χ0n) is 10.7. The molecule has 0 aliphatic carbocycles. The highest BCUT2D eigenvalue weighted by molar-refractivity contribution is 8.00. The van der Waals surface area contributed by atoms with Gasteiger partial charge in [-0.3, -0.25) is 0 Å². The summed E-state index contributed by atoms with van der Waals surface area (Å²) in [5.74, 6) is -0.258. The van der Waals surface area contributed by atoms with Crippen LogP contribution in [0.1, 0.15) is 23.2 Å². The molecule has 1 atom stereocenters. The Morgan fingerprint density at radius 1 is 1.50 bits per heavy atom. The number of aromatic carboxylic acids is 1. The van der Waals surface area contributed by atoms with Crippen LogP contribution in [0, 0.1) is 0 Å². The second-order valence-corrected chi connectivity index (χ2v) is 7.69. The summed E-state index contributed by atoms with van der Waals surface area (Å²) in [6.07, 6.45) is 2.05. The van der Waals surface area contributed by atoms with Gasteiger partial charge < -0.3 is 10.8 Å². The van der Waals surface area contributed by atoms with E-state index >= 15 is 0 Å². The van der Waals surface area contributed by atoms with Crippen molar-refractivity contribution >= 4 is 33.4 Å². The Morgan fingerprint density at radius 2 is 2.25 bits per heavy atom. The summed E-state index contributed by atoms with van der Waals surface area (Å²) in [7, 11) is -3.87. The van der Waals surface area contributed by atoms with Crippen LogP contribution in [-0.2, 0) is 10.0 Å². The van der Waals surface area contributed by atoms with Crippen LogP contribution in [0.25, 0.3) is 0 Å². The number of carbonyl (C=O) groups is 1. The third-order valence-electron chi connectivity index (χ3n) is 3.05. The third-order valence-corrected chi connectivity index (χ3v) is 5.91. The van der Waals surface area contributed by atoms with Gasteiger partial charge in [-0.1, -0.05) is 0 Å². The fraction of sp³-hybridized carbons (Fsp3) is 0.417. The van der Waals surface area contributed by atoms with Crippen molar-refractivity contribution in [1.29, 1.82) is 0 Å². The number of nitrogen functional groups attached to an aromatic ring is 1. The van der Waals surface area contributed by atoms with Crippen LogP contribution in [0.3, 0.4) is 0 Å². The Morgan fingerprint density at radius 3 is 2.85 bits per heavy atom. The van der Waals surface area contributed by atoms with Crippen molar-refractivity contribution in [1.82, 2.24) is 4.72 Å². The van der Waals surface area contributed by atoms with E-state index in [1.807, 2.05) is 0 Å². The molecule has 0 spiro atoms. The molecule has 1 aromatic carbocycles. The average Bonchev–Trinajstić information content (AvgIpc) is 2.89. The van der Waals surface area contributed by atoms with Crippen LogP contribution in [0.5, 0.6) is 0 Å². The first kappa shape index (κ1) is 15.1. The SMILES string of the molecule is Nc1ccc(C(=O)O)c(S(=O)(=O)NCC2CCCS2)c1. The first-order valence-corrected chi connectivity index (χ1v) is 8.67. The van der Waals surface area contributed by atoms with E-state index in [0.717, 1.165) is 18.6 Å². The first-order chi connectivity index (χ1) is 9.40. The predicted molar refractivity (Wildman–Crippen MR) is 78.5 cm³/mol. The van der Waals surface area contributed by atoms with Gasteiger partial charge in [0.25, 0.3) is 0 Å². The largest absolute Gasteiger partial charge is 0.478 e. The van der Waals surface area contributed by atoms with E-state index in [9.17, 15) is 13.2 Å². The highest BCUT2D eigenvalue weighted by atomic mass is 32.2. The number of nitrogens with one attached hydrogen (secondary N) is 1. The van der Waals surface area contributed by atoms with Crippen molar-refractivity contribution in [3.05, 3.63) is 23.8 Å². The molecule has 1 aliphatic rings. The van der Waals surface area contributed by atoms with E-state index in [-0.39, 0.29) is 21.4 Å². The van der Waals surface area contributed by atoms with Crippen molar-refractivity contribution in [3.8, 4) is 0 Å². The van der Waals surface area contributed by atoms with Gasteiger partial charge in [-0.05, 0) is 36.8 Å². The molecule has 1 heterocycles. The van der Waals surface area contributed by atoms with Gasteiger partial charge in [0, 0.05) is 17.5 Å². The summed E-state index contributed by atoms with van der Waals surface area (Å²) in [4.78, 5) is 10.8. The summed E-state index contributed by atoms with van der Waals surface area (Å²) in [6.45, 7) is 0.306. The first-order valence-electron chi connectivity index (χ1n) is 6.14. The molecule has 0 amide bonds. The predicted octanol–water partition coefficient (Wildman–Crippen LogP) is 1.14. The van der Waals surface area contributed by atoms with Gasteiger partial charge in [0.1, 0.15) is 0 Å². The maximum atomic E-state index is 12.2. The van der Waals surface area contributed by atoms with Crippen LogP contribution < -0.4 is 10.5 Å². The Hall–Kier alpha value is -1.25. The quantitative estimate of drug-likeness (QED) is 0.703. The minimum Gasteiger partial charge on any atom is -0.478 e. The van der Waals surface area contributed by atoms with Crippen LogP contribution >= 0.6 is 11.8 Å². The molecule has 0 radical (unpaired) electrons. The maximum absolute atomic E-state index is 12.2. The van der Waals surface area contributed by atoms with Crippen molar-refractivity contribution in [3.63, 3.8) is 0 Å². The molecule has 8 heteroatoms. The summed E-state index contributed by atoms with van der Waals surface area (Å²) in [6, 6.07) is 3.75. The lowest BCUT2D eigenvalue weighted by Gasteiger charge is -2.12. The summed E-state index contributed by atoms with van der Waals surface area (Å²) < 4.78 is 26.9. The number of hydrogen-bond donors (Lipinski definition) is 3. The number of rotatable bonds is 5. The summed E-state index contributed by atoms with van der Waals surface area (Å²) in [5.41, 5.74) is 5.49. The van der Waals surface area contributed by atoms with E-state index < -0.39 is 16.0 Å². The summed E-state index contributed by atoms with van der Waals surface area (Å²) >= 11 is 1.72. The number of anilines is 1. The zero-order chi connectivity index (χ0) is 14.8. The lowest BCUT2D eigenvalue weighted by Crippen LogP contribution is -2.31. The Balaban J connectivity index is 2.23. The van der Waals surface area contributed by atoms with Gasteiger partial charge in [-0.25, -0.2) is 17.9 Å². The monoisotopic (exact) mass is 316 g/mol. The molecule has 0 aromatic heterocycles. The molecule has 2 rings (SSSR count). The van der Waals surface area contributed by atoms with Gasteiger partial charge in [-0.15, -0.1) is 0 Å². The Bertz CT molecular complexity index is 610. The zero-order valence-corrected chi connectivity index (χ0v) is 12.3. The number of benzene rings is 1. The average molecular weight is 316 g/mol. The highest BCUT2D eigenvalue weighted by Crippen LogP contribution is 2.26. The van der Waals surface area contributed by atoms with Crippen molar-refractivity contribution in [2.24, 2.45) is 0 Å². The van der Waals surface area contributed by atoms with Gasteiger partial charge in [0.15, 0.2) is 0 Å². The number of carboxylic acids is 1. The standard InChI is InChI=1S/C12H16N2O4S2/c13-8-3-4-10(12(15)16)11(6-8)20(17,18)14-7-9-2-1-5-19-9/h3-4,6,9,14H,1-2,5,7,13H2,(H,15,16). The number of sulfonamides is 1. The fourth-order valence-corrected chi connectivity index (χ4v) is 4.64. The van der Waals surface area contributed by atoms with Crippen molar-refractivity contribution in [2.45, 2.75) is 23.0 Å². The van der Waals surface area contributed by atoms with E-state index in [4.69, 9.17) is 10.8 Å². The van der Waals surface area contributed by atoms with Crippen LogP contribution in [0.15, 0.2) is 23.1 Å². The molecule has 0 saturated carbocycles. The van der Waals surface area contributed by atoms with Gasteiger partial charge in [0.05, 0.1) is 10.5 Å². The molecule has 110 valence electrons. The van der Waals surface area contributed by atoms with E-state index in [1.54, 1.807) is 11.8 Å². The fourth-order valence-electron chi connectivity index (χ4n) is 2.02. The number of carboxylic acid groups (broad SMARTS) is 1. The normalized spacial score (nSPS) is 19.1. The van der Waals surface area contributed by atoms with Gasteiger partial charge in [-0.2, -0.15) is 11.8 Å². The third kappa shape index (κ3) is 3.44. The molecule has 1 fully saturated rings. The number of nitrogens with two attached hydrogens (primary N) is 1. The Labute approximate surface area is 121 Å². The molecule has 1 saturated heterocycles. The molecule has 4 N–H and O–H groups in total. The minimum atomic E-state index is -3.87.